The second-order valence-corrected chi connectivity index (χ2v) is 2.25. The van der Waals surface area contributed by atoms with E-state index in [1.54, 1.807) is 0 Å². The third-order valence-corrected chi connectivity index (χ3v) is 0. The van der Waals surface area contributed by atoms with E-state index in [0.717, 1.165) is 0 Å². The zero-order chi connectivity index (χ0) is 10.7. The van der Waals surface area contributed by atoms with Crippen LogP contribution in [-0.2, 0) is 32.9 Å². The maximum Gasteiger partial charge on any atom is 2.00 e. The van der Waals surface area contributed by atoms with Crippen LogP contribution in [0.4, 0.5) is 0 Å². The van der Waals surface area contributed by atoms with E-state index in [2.05, 4.69) is 0 Å². The summed E-state index contributed by atoms with van der Waals surface area (Å²) in [6.07, 6.45) is 0. The molecule has 0 rings (SSSR count). The first-order chi connectivity index (χ1) is 5.20. The van der Waals surface area contributed by atoms with Crippen molar-refractivity contribution < 1.29 is 61.6 Å². The smallest absolute Gasteiger partial charge is 0.672 e. The van der Waals surface area contributed by atoms with Crippen molar-refractivity contribution in [2.45, 2.75) is 0 Å². The molecule has 0 atom stereocenters. The molecule has 9 nitrogen and oxygen atoms in total. The van der Waals surface area contributed by atoms with Gasteiger partial charge in [-0.15, -0.1) is 0 Å². The second-order valence-electron chi connectivity index (χ2n) is 0.750. The first-order valence-electron chi connectivity index (χ1n) is 1.84. The summed E-state index contributed by atoms with van der Waals surface area (Å²) in [5.74, 6) is 0. The summed E-state index contributed by atoms with van der Waals surface area (Å²) in [6, 6.07) is 0. The summed E-state index contributed by atoms with van der Waals surface area (Å²) < 4.78 is 25.6. The Morgan fingerprint density at radius 1 is 0.600 bits per heavy atom. The van der Waals surface area contributed by atoms with Crippen LogP contribution in [-0.4, -0.2) is 99.4 Å². The normalized spacial score (nSPS) is 4.80. The van der Waals surface area contributed by atoms with Crippen LogP contribution >= 0.6 is 0 Å². The van der Waals surface area contributed by atoms with E-state index in [-0.39, 0.29) is 91.4 Å². The number of hydrogen-bond acceptors (Lipinski definition) is 9. The predicted molar refractivity (Wildman–Crippen MR) is 30.8 cm³/mol. The zero-order valence-electron chi connectivity index (χ0n) is 7.30. The quantitative estimate of drug-likeness (QED) is 0.319. The van der Waals surface area contributed by atoms with Crippen molar-refractivity contribution >= 4 is 99.4 Å². The summed E-state index contributed by atoms with van der Waals surface area (Å²) >= 11 is 0. The third kappa shape index (κ3) is 919. The van der Waals surface area contributed by atoms with E-state index in [1.165, 1.54) is 0 Å². The van der Waals surface area contributed by atoms with E-state index < -0.39 is 27.5 Å². The zero-order valence-corrected chi connectivity index (χ0v) is 19.1. The minimum Gasteiger partial charge on any atom is -0.672 e. The molecule has 0 N–H and O–H groups in total. The van der Waals surface area contributed by atoms with E-state index in [4.69, 9.17) is 42.2 Å². The van der Waals surface area contributed by atoms with Crippen molar-refractivity contribution in [3.8, 4) is 0 Å². The molecular formula is BaMgO9Si3Zn. The Morgan fingerprint density at radius 3 is 0.600 bits per heavy atom. The summed E-state index contributed by atoms with van der Waals surface area (Å²) in [4.78, 5) is 51.1. The SMILES string of the molecule is O=[Si]([O-])[O-].O=[Si]([O-])[O-].O=[Si]([O-])[O-].[Ba+2].[Mg+2].[Zn+2]. The van der Waals surface area contributed by atoms with Gasteiger partial charge in [0.05, 0.1) is 0 Å². The predicted octanol–water partition coefficient (Wildman–Crippen LogP) is -9.40. The van der Waals surface area contributed by atoms with Gasteiger partial charge in [-0.25, -0.2) is 0 Å². The second kappa shape index (κ2) is 29.7. The fourth-order valence-corrected chi connectivity index (χ4v) is 0. The van der Waals surface area contributed by atoms with Crippen molar-refractivity contribution in [3.63, 3.8) is 0 Å². The monoisotopic (exact) mass is 454 g/mol. The van der Waals surface area contributed by atoms with Crippen LogP contribution in [0.25, 0.3) is 0 Å². The third-order valence-electron chi connectivity index (χ3n) is 0. The van der Waals surface area contributed by atoms with Gasteiger partial charge in [0.1, 0.15) is 0 Å². The molecular weight excluding hydrogens is 455 g/mol. The molecule has 0 aromatic carbocycles. The first kappa shape index (κ1) is 36.0. The molecule has 0 aliphatic carbocycles. The van der Waals surface area contributed by atoms with Crippen LogP contribution < -0.4 is 28.8 Å². The Morgan fingerprint density at radius 2 is 0.600 bits per heavy atom. The van der Waals surface area contributed by atoms with Crippen LogP contribution in [0, 0.1) is 0 Å². The topological polar surface area (TPSA) is 190 Å². The van der Waals surface area contributed by atoms with E-state index in [0.29, 0.717) is 0 Å². The van der Waals surface area contributed by atoms with Gasteiger partial charge in [0.25, 0.3) is 0 Å². The summed E-state index contributed by atoms with van der Waals surface area (Å²) in [7, 11) is -10.9. The first-order valence-corrected chi connectivity index (χ1v) is 5.51. The molecule has 0 unspecified atom stereocenters. The Bertz CT molecular complexity index is 123. The van der Waals surface area contributed by atoms with Crippen molar-refractivity contribution in [2.24, 2.45) is 0 Å². The van der Waals surface area contributed by atoms with E-state index >= 15 is 0 Å². The molecule has 0 bridgehead atoms. The fourth-order valence-electron chi connectivity index (χ4n) is 0. The molecule has 0 aromatic heterocycles. The van der Waals surface area contributed by atoms with Gasteiger partial charge >= 0.3 is 91.4 Å². The molecule has 0 aliphatic rings. The number of rotatable bonds is 0. The summed E-state index contributed by atoms with van der Waals surface area (Å²) in [6.45, 7) is 0. The van der Waals surface area contributed by atoms with Gasteiger partial charge in [0.2, 0.25) is 0 Å². The van der Waals surface area contributed by atoms with Crippen LogP contribution in [0.15, 0.2) is 0 Å². The maximum absolute atomic E-state index is 8.52. The van der Waals surface area contributed by atoms with Crippen LogP contribution in [0.1, 0.15) is 0 Å². The van der Waals surface area contributed by atoms with Crippen molar-refractivity contribution in [1.29, 1.82) is 0 Å². The molecule has 0 aliphatic heterocycles. The van der Waals surface area contributed by atoms with Crippen LogP contribution in [0.2, 0.25) is 0 Å². The fraction of sp³-hybridized carbons (Fsp3) is 0. The minimum absolute atomic E-state index is 0. The van der Waals surface area contributed by atoms with Crippen molar-refractivity contribution in [1.82, 2.24) is 0 Å². The van der Waals surface area contributed by atoms with Gasteiger partial charge in [-0.05, 0) is 0 Å². The molecule has 0 spiro atoms. The molecule has 0 saturated heterocycles. The van der Waals surface area contributed by atoms with E-state index in [9.17, 15) is 0 Å². The van der Waals surface area contributed by atoms with Crippen LogP contribution in [0.5, 0.6) is 0 Å². The maximum atomic E-state index is 8.52. The van der Waals surface area contributed by atoms with Gasteiger partial charge in [-0.1, -0.05) is 0 Å². The summed E-state index contributed by atoms with van der Waals surface area (Å²) in [5, 5.41) is 0. The van der Waals surface area contributed by atoms with Crippen molar-refractivity contribution in [2.75, 3.05) is 0 Å². The molecule has 0 heterocycles. The average molecular weight is 455 g/mol. The molecule has 0 aromatic rings. The molecule has 15 heavy (non-hydrogen) atoms. The van der Waals surface area contributed by atoms with Gasteiger partial charge in [0.15, 0.2) is 0 Å². The van der Waals surface area contributed by atoms with Crippen LogP contribution in [0.3, 0.4) is 0 Å². The number of hydrogen-bond donors (Lipinski definition) is 0. The molecule has 72 valence electrons. The van der Waals surface area contributed by atoms with Gasteiger partial charge in [-0.2, -0.15) is 0 Å². The Balaban J connectivity index is -0.0000000184. The summed E-state index contributed by atoms with van der Waals surface area (Å²) in [5.41, 5.74) is 0. The standard InChI is InChI=1S/Ba.Mg.3O3Si.Zn/c;;3*1-4(2)3;/q2*+2;3*-2;+2. The van der Waals surface area contributed by atoms with Gasteiger partial charge < -0.3 is 42.2 Å². The Hall–Kier alpha value is 1.81. The van der Waals surface area contributed by atoms with Crippen molar-refractivity contribution in [3.05, 3.63) is 0 Å². The van der Waals surface area contributed by atoms with E-state index in [1.807, 2.05) is 0 Å². The molecule has 0 amide bonds. The largest absolute Gasteiger partial charge is 2.00 e. The Kier molecular flexibility index (Phi) is 71.1. The Labute approximate surface area is 158 Å². The molecule has 0 saturated carbocycles. The molecule has 0 radical (unpaired) electrons. The molecule has 15 heteroatoms. The average Bonchev–Trinajstić information content (AvgIpc) is 1.54. The molecule has 0 fully saturated rings. The van der Waals surface area contributed by atoms with Gasteiger partial charge in [-0.3, -0.25) is 0 Å². The minimum atomic E-state index is -3.63. The van der Waals surface area contributed by atoms with Gasteiger partial charge in [0, 0.05) is 27.5 Å².